The molecule has 1 amide bonds. The van der Waals surface area contributed by atoms with Gasteiger partial charge in [0.15, 0.2) is 9.84 Å². The first-order valence-corrected chi connectivity index (χ1v) is 10.3. The molecule has 0 spiro atoms. The van der Waals surface area contributed by atoms with E-state index in [1.807, 2.05) is 6.07 Å². The van der Waals surface area contributed by atoms with Gasteiger partial charge in [-0.05, 0) is 12.5 Å². The summed E-state index contributed by atoms with van der Waals surface area (Å²) < 4.78 is 28.3. The fourth-order valence-electron chi connectivity index (χ4n) is 3.51. The molecular weight excluding hydrogens is 356 g/mol. The topological polar surface area (TPSA) is 105 Å². The second kappa shape index (κ2) is 6.39. The van der Waals surface area contributed by atoms with Crippen molar-refractivity contribution in [3.63, 3.8) is 0 Å². The van der Waals surface area contributed by atoms with Gasteiger partial charge in [0.1, 0.15) is 5.82 Å². The Hall–Kier alpha value is -2.42. The third-order valence-corrected chi connectivity index (χ3v) is 6.71. The Labute approximate surface area is 151 Å². The first-order chi connectivity index (χ1) is 12.4. The first-order valence-electron chi connectivity index (χ1n) is 8.52. The second-order valence-electron chi connectivity index (χ2n) is 6.71. The fraction of sp³-hybridized carbons (Fsp3) is 0.471. The maximum atomic E-state index is 12.6. The van der Waals surface area contributed by atoms with E-state index < -0.39 is 15.8 Å². The van der Waals surface area contributed by atoms with Crippen molar-refractivity contribution >= 4 is 15.7 Å². The van der Waals surface area contributed by atoms with Gasteiger partial charge in [-0.25, -0.2) is 18.4 Å². The zero-order valence-electron chi connectivity index (χ0n) is 14.4. The average Bonchev–Trinajstić information content (AvgIpc) is 3.23. The minimum absolute atomic E-state index is 0.0269. The summed E-state index contributed by atoms with van der Waals surface area (Å²) >= 11 is 0. The lowest BCUT2D eigenvalue weighted by Gasteiger charge is -2.28. The lowest BCUT2D eigenvalue weighted by molar-refractivity contribution is -0.135. The van der Waals surface area contributed by atoms with Crippen LogP contribution in [-0.4, -0.2) is 59.3 Å². The summed E-state index contributed by atoms with van der Waals surface area (Å²) in [5.41, 5.74) is 2.69. The Kier molecular flexibility index (Phi) is 4.18. The Morgan fingerprint density at radius 1 is 1.38 bits per heavy atom. The van der Waals surface area contributed by atoms with Gasteiger partial charge < -0.3 is 14.6 Å². The van der Waals surface area contributed by atoms with E-state index in [0.29, 0.717) is 37.6 Å². The predicted octanol–water partition coefficient (Wildman–Crippen LogP) is 0.800. The summed E-state index contributed by atoms with van der Waals surface area (Å²) in [6, 6.07) is 3.65. The number of hydrogen-bond acceptors (Lipinski definition) is 6. The molecule has 0 aromatic carbocycles. The highest BCUT2D eigenvalue weighted by Gasteiger charge is 2.36. The minimum atomic E-state index is -3.06. The Morgan fingerprint density at radius 2 is 2.23 bits per heavy atom. The fourth-order valence-corrected chi connectivity index (χ4v) is 5.24. The van der Waals surface area contributed by atoms with E-state index in [-0.39, 0.29) is 17.4 Å². The summed E-state index contributed by atoms with van der Waals surface area (Å²) in [6.07, 6.45) is 2.77. The van der Waals surface area contributed by atoms with Gasteiger partial charge in [-0.1, -0.05) is 0 Å². The van der Waals surface area contributed by atoms with Gasteiger partial charge in [0, 0.05) is 30.8 Å². The van der Waals surface area contributed by atoms with Crippen LogP contribution >= 0.6 is 0 Å². The van der Waals surface area contributed by atoms with Crippen molar-refractivity contribution in [3.8, 4) is 17.3 Å². The normalized spacial score (nSPS) is 21.4. The summed E-state index contributed by atoms with van der Waals surface area (Å²) in [7, 11) is -1.50. The number of imidazole rings is 1. The molecule has 9 heteroatoms. The number of rotatable bonds is 3. The van der Waals surface area contributed by atoms with Crippen LogP contribution in [0.3, 0.4) is 0 Å². The molecule has 4 rings (SSSR count). The molecule has 0 radical (unpaired) electrons. The number of methoxy groups -OCH3 is 1. The number of nitrogens with zero attached hydrogens (tertiary/aromatic N) is 3. The molecule has 0 unspecified atom stereocenters. The standard InChI is InChI=1S/C17H20N4O4S/c1-25-15-3-2-11(8-18-15)16-19-13-4-6-21(9-14(13)20-16)17(22)12-5-7-26(23,24)10-12/h2-3,8,12H,4-7,9-10H2,1H3,(H,19,20)/t12-/m1/s1. The van der Waals surface area contributed by atoms with E-state index in [2.05, 4.69) is 15.0 Å². The molecule has 1 fully saturated rings. The van der Waals surface area contributed by atoms with Gasteiger partial charge in [-0.2, -0.15) is 0 Å². The lowest BCUT2D eigenvalue weighted by atomic mass is 10.1. The molecule has 4 heterocycles. The maximum absolute atomic E-state index is 12.6. The summed E-state index contributed by atoms with van der Waals surface area (Å²) in [5.74, 6) is 0.854. The third-order valence-electron chi connectivity index (χ3n) is 4.94. The van der Waals surface area contributed by atoms with E-state index >= 15 is 0 Å². The SMILES string of the molecule is COc1ccc(-c2nc3c([nH]2)CN(C(=O)[C@@H]2CCS(=O)(=O)C2)CC3)cn1. The number of carbonyl (C=O) groups excluding carboxylic acids is 1. The largest absolute Gasteiger partial charge is 0.481 e. The van der Waals surface area contributed by atoms with Gasteiger partial charge in [-0.15, -0.1) is 0 Å². The summed E-state index contributed by atoms with van der Waals surface area (Å²) in [4.78, 5) is 26.5. The number of amides is 1. The van der Waals surface area contributed by atoms with Crippen molar-refractivity contribution in [2.75, 3.05) is 25.2 Å². The van der Waals surface area contributed by atoms with Crippen molar-refractivity contribution in [1.29, 1.82) is 0 Å². The quantitative estimate of drug-likeness (QED) is 0.849. The molecule has 1 N–H and O–H groups in total. The smallest absolute Gasteiger partial charge is 0.227 e. The van der Waals surface area contributed by atoms with Crippen LogP contribution in [0.1, 0.15) is 17.8 Å². The highest BCUT2D eigenvalue weighted by molar-refractivity contribution is 7.91. The highest BCUT2D eigenvalue weighted by atomic mass is 32.2. The van der Waals surface area contributed by atoms with Crippen molar-refractivity contribution in [2.45, 2.75) is 19.4 Å². The van der Waals surface area contributed by atoms with E-state index in [1.54, 1.807) is 24.3 Å². The number of nitrogens with one attached hydrogen (secondary N) is 1. The Balaban J connectivity index is 1.50. The number of pyridine rings is 1. The third kappa shape index (κ3) is 3.18. The minimum Gasteiger partial charge on any atom is -0.481 e. The van der Waals surface area contributed by atoms with Crippen LogP contribution in [0.4, 0.5) is 0 Å². The van der Waals surface area contributed by atoms with Gasteiger partial charge >= 0.3 is 0 Å². The van der Waals surface area contributed by atoms with Gasteiger partial charge in [-0.3, -0.25) is 4.79 Å². The van der Waals surface area contributed by atoms with Crippen LogP contribution in [0.25, 0.3) is 11.4 Å². The molecule has 2 aliphatic heterocycles. The molecule has 8 nitrogen and oxygen atoms in total. The van der Waals surface area contributed by atoms with Crippen molar-refractivity contribution < 1.29 is 17.9 Å². The molecule has 26 heavy (non-hydrogen) atoms. The molecule has 2 aromatic heterocycles. The van der Waals surface area contributed by atoms with Crippen LogP contribution in [0.5, 0.6) is 5.88 Å². The zero-order valence-corrected chi connectivity index (χ0v) is 15.3. The monoisotopic (exact) mass is 376 g/mol. The number of aromatic amines is 1. The molecule has 2 aromatic rings. The van der Waals surface area contributed by atoms with Crippen LogP contribution in [0, 0.1) is 5.92 Å². The van der Waals surface area contributed by atoms with Crippen molar-refractivity contribution in [3.05, 3.63) is 29.7 Å². The number of ether oxygens (including phenoxy) is 1. The number of aromatic nitrogens is 3. The number of fused-ring (bicyclic) bond motifs is 1. The average molecular weight is 376 g/mol. The molecule has 2 aliphatic rings. The van der Waals surface area contributed by atoms with Crippen molar-refractivity contribution in [2.24, 2.45) is 5.92 Å². The molecule has 0 aliphatic carbocycles. The molecule has 0 saturated carbocycles. The van der Waals surface area contributed by atoms with E-state index in [0.717, 1.165) is 17.0 Å². The molecular formula is C17H20N4O4S. The number of sulfone groups is 1. The van der Waals surface area contributed by atoms with Gasteiger partial charge in [0.05, 0.1) is 42.5 Å². The first kappa shape index (κ1) is 17.0. The van der Waals surface area contributed by atoms with Crippen LogP contribution < -0.4 is 4.74 Å². The second-order valence-corrected chi connectivity index (χ2v) is 8.94. The van der Waals surface area contributed by atoms with Gasteiger partial charge in [0.2, 0.25) is 11.8 Å². The van der Waals surface area contributed by atoms with Crippen LogP contribution in [-0.2, 0) is 27.6 Å². The van der Waals surface area contributed by atoms with Crippen LogP contribution in [0.15, 0.2) is 18.3 Å². The Morgan fingerprint density at radius 3 is 2.88 bits per heavy atom. The molecule has 138 valence electrons. The zero-order chi connectivity index (χ0) is 18.3. The lowest BCUT2D eigenvalue weighted by Crippen LogP contribution is -2.40. The van der Waals surface area contributed by atoms with Crippen LogP contribution in [0.2, 0.25) is 0 Å². The highest BCUT2D eigenvalue weighted by Crippen LogP contribution is 2.26. The van der Waals surface area contributed by atoms with Gasteiger partial charge in [0.25, 0.3) is 0 Å². The van der Waals surface area contributed by atoms with E-state index in [4.69, 9.17) is 4.74 Å². The number of carbonyl (C=O) groups is 1. The molecule has 1 atom stereocenters. The Bertz CT molecular complexity index is 936. The van der Waals surface area contributed by atoms with E-state index in [9.17, 15) is 13.2 Å². The summed E-state index contributed by atoms with van der Waals surface area (Å²) in [5, 5.41) is 0. The van der Waals surface area contributed by atoms with Crippen molar-refractivity contribution in [1.82, 2.24) is 19.9 Å². The van der Waals surface area contributed by atoms with E-state index in [1.165, 1.54) is 0 Å². The number of H-pyrrole nitrogens is 1. The number of hydrogen-bond donors (Lipinski definition) is 1. The maximum Gasteiger partial charge on any atom is 0.227 e. The molecule has 1 saturated heterocycles. The molecule has 0 bridgehead atoms. The predicted molar refractivity (Wildman–Crippen MR) is 94.3 cm³/mol. The summed E-state index contributed by atoms with van der Waals surface area (Å²) in [6.45, 7) is 0.995.